The Labute approximate surface area is 126 Å². The van der Waals surface area contributed by atoms with Crippen LogP contribution in [0.5, 0.6) is 0 Å². The first-order valence-electron chi connectivity index (χ1n) is 7.26. The molecule has 0 saturated carbocycles. The Morgan fingerprint density at radius 1 is 1.50 bits per heavy atom. The molecule has 0 aromatic carbocycles. The Kier molecular flexibility index (Phi) is 8.01. The van der Waals surface area contributed by atoms with Gasteiger partial charge in [0, 0.05) is 11.9 Å². The minimum absolute atomic E-state index is 0.00278. The maximum Gasteiger partial charge on any atom is 0.252 e. The fraction of sp³-hybridized carbons (Fsp3) is 0.562. The smallest absolute Gasteiger partial charge is 0.252 e. The van der Waals surface area contributed by atoms with Crippen LogP contribution in [0.4, 0.5) is 0 Å². The van der Waals surface area contributed by atoms with Crippen molar-refractivity contribution in [3.8, 4) is 11.8 Å². The molecule has 1 amide bonds. The topological polar surface area (TPSA) is 55.1 Å². The van der Waals surface area contributed by atoms with E-state index in [-0.39, 0.29) is 5.91 Å². The molecule has 0 fully saturated rings. The van der Waals surface area contributed by atoms with E-state index in [1.807, 2.05) is 11.4 Å². The van der Waals surface area contributed by atoms with E-state index in [4.69, 9.17) is 5.73 Å². The van der Waals surface area contributed by atoms with Gasteiger partial charge in [-0.25, -0.2) is 0 Å². The molecule has 110 valence electrons. The molecule has 0 aliphatic heterocycles. The van der Waals surface area contributed by atoms with Crippen molar-refractivity contribution in [2.75, 3.05) is 13.1 Å². The second kappa shape index (κ2) is 9.57. The highest BCUT2D eigenvalue weighted by Crippen LogP contribution is 2.15. The van der Waals surface area contributed by atoms with E-state index in [2.05, 4.69) is 31.0 Å². The molecule has 1 aromatic rings. The van der Waals surface area contributed by atoms with Crippen LogP contribution in [0.3, 0.4) is 0 Å². The summed E-state index contributed by atoms with van der Waals surface area (Å²) in [5, 5.41) is 4.87. The van der Waals surface area contributed by atoms with Crippen molar-refractivity contribution in [3.05, 3.63) is 21.9 Å². The number of rotatable bonds is 7. The average Bonchev–Trinajstić information content (AvgIpc) is 2.94. The summed E-state index contributed by atoms with van der Waals surface area (Å²) < 4.78 is 0. The highest BCUT2D eigenvalue weighted by atomic mass is 32.1. The Balaban J connectivity index is 2.47. The van der Waals surface area contributed by atoms with Crippen LogP contribution in [0, 0.1) is 17.8 Å². The highest BCUT2D eigenvalue weighted by molar-refractivity contribution is 7.10. The molecule has 0 radical (unpaired) electrons. The number of unbranched alkanes of at least 4 members (excludes halogenated alkanes) is 1. The van der Waals surface area contributed by atoms with Crippen LogP contribution in [-0.4, -0.2) is 19.0 Å². The lowest BCUT2D eigenvalue weighted by Crippen LogP contribution is -2.28. The summed E-state index contributed by atoms with van der Waals surface area (Å²) in [6.07, 6.45) is 4.73. The molecule has 3 nitrogen and oxygen atoms in total. The first kappa shape index (κ1) is 16.7. The summed E-state index contributed by atoms with van der Waals surface area (Å²) in [5.74, 6) is 6.32. The van der Waals surface area contributed by atoms with Gasteiger partial charge in [-0.1, -0.05) is 45.0 Å². The molecular formula is C16H24N2OS. The number of carbonyl (C=O) groups excluding carboxylic acids is 1. The molecule has 0 saturated heterocycles. The van der Waals surface area contributed by atoms with Crippen LogP contribution < -0.4 is 11.1 Å². The predicted octanol–water partition coefficient (Wildman–Crippen LogP) is 3.00. The fourth-order valence-electron chi connectivity index (χ4n) is 1.94. The Morgan fingerprint density at radius 2 is 2.30 bits per heavy atom. The molecule has 3 N–H and O–H groups in total. The van der Waals surface area contributed by atoms with E-state index in [9.17, 15) is 4.79 Å². The molecular weight excluding hydrogens is 268 g/mol. The zero-order valence-corrected chi connectivity index (χ0v) is 13.2. The number of amides is 1. The van der Waals surface area contributed by atoms with Crippen molar-refractivity contribution in [1.29, 1.82) is 0 Å². The maximum absolute atomic E-state index is 12.0. The van der Waals surface area contributed by atoms with E-state index in [1.54, 1.807) is 0 Å². The summed E-state index contributed by atoms with van der Waals surface area (Å²) in [7, 11) is 0. The van der Waals surface area contributed by atoms with Gasteiger partial charge in [-0.3, -0.25) is 4.79 Å². The average molecular weight is 292 g/mol. The van der Waals surface area contributed by atoms with Crippen LogP contribution in [0.2, 0.25) is 0 Å². The predicted molar refractivity (Wildman–Crippen MR) is 85.9 cm³/mol. The Morgan fingerprint density at radius 3 is 2.95 bits per heavy atom. The Bertz CT molecular complexity index is 470. The second-order valence-electron chi connectivity index (χ2n) is 4.83. The van der Waals surface area contributed by atoms with Crippen LogP contribution in [0.15, 0.2) is 11.4 Å². The first-order chi connectivity index (χ1) is 9.71. The third-order valence-corrected chi connectivity index (χ3v) is 4.12. The molecule has 1 aromatic heterocycles. The first-order valence-corrected chi connectivity index (χ1v) is 8.14. The number of carbonyl (C=O) groups is 1. The van der Waals surface area contributed by atoms with Crippen LogP contribution >= 0.6 is 11.3 Å². The van der Waals surface area contributed by atoms with Crippen molar-refractivity contribution >= 4 is 17.2 Å². The maximum atomic E-state index is 12.0. The lowest BCUT2D eigenvalue weighted by atomic mass is 9.99. The van der Waals surface area contributed by atoms with E-state index in [0.717, 1.165) is 17.8 Å². The monoisotopic (exact) mass is 292 g/mol. The largest absolute Gasteiger partial charge is 0.352 e. The molecule has 1 rings (SSSR count). The fourth-order valence-corrected chi connectivity index (χ4v) is 2.70. The van der Waals surface area contributed by atoms with Gasteiger partial charge in [0.1, 0.15) is 0 Å². The summed E-state index contributed by atoms with van der Waals surface area (Å²) in [6.45, 7) is 5.47. The van der Waals surface area contributed by atoms with Gasteiger partial charge in [0.25, 0.3) is 5.91 Å². The van der Waals surface area contributed by atoms with Gasteiger partial charge in [-0.2, -0.15) is 0 Å². The molecule has 1 atom stereocenters. The van der Waals surface area contributed by atoms with Gasteiger partial charge in [-0.05, 0) is 18.4 Å². The van der Waals surface area contributed by atoms with Crippen LogP contribution in [-0.2, 0) is 0 Å². The summed E-state index contributed by atoms with van der Waals surface area (Å²) in [4.78, 5) is 12.9. The third-order valence-electron chi connectivity index (χ3n) is 3.27. The molecule has 0 aliphatic carbocycles. The molecule has 4 heteroatoms. The molecule has 1 unspecified atom stereocenters. The molecule has 20 heavy (non-hydrogen) atoms. The van der Waals surface area contributed by atoms with Crippen molar-refractivity contribution in [3.63, 3.8) is 0 Å². The lowest BCUT2D eigenvalue weighted by molar-refractivity contribution is 0.0946. The van der Waals surface area contributed by atoms with Gasteiger partial charge < -0.3 is 11.1 Å². The SMILES string of the molecule is CCCCC(CC)CNC(=O)c1csc(C#CCN)c1. The number of nitrogens with two attached hydrogens (primary N) is 1. The van der Waals surface area contributed by atoms with Gasteiger partial charge in [0.2, 0.25) is 0 Å². The van der Waals surface area contributed by atoms with Gasteiger partial charge in [0.15, 0.2) is 0 Å². The summed E-state index contributed by atoms with van der Waals surface area (Å²) in [5.41, 5.74) is 6.03. The minimum atomic E-state index is -0.00278. The molecule has 0 aliphatic rings. The number of nitrogens with one attached hydrogen (secondary N) is 1. The summed E-state index contributed by atoms with van der Waals surface area (Å²) >= 11 is 1.48. The van der Waals surface area contributed by atoms with Gasteiger partial charge in [0.05, 0.1) is 17.0 Å². The molecule has 0 spiro atoms. The van der Waals surface area contributed by atoms with Crippen LogP contribution in [0.25, 0.3) is 0 Å². The van der Waals surface area contributed by atoms with Gasteiger partial charge >= 0.3 is 0 Å². The lowest BCUT2D eigenvalue weighted by Gasteiger charge is -2.14. The van der Waals surface area contributed by atoms with Gasteiger partial charge in [-0.15, -0.1) is 11.3 Å². The van der Waals surface area contributed by atoms with Crippen molar-refractivity contribution in [2.45, 2.75) is 39.5 Å². The normalized spacial score (nSPS) is 11.6. The zero-order valence-electron chi connectivity index (χ0n) is 12.4. The van der Waals surface area contributed by atoms with E-state index >= 15 is 0 Å². The number of hydrogen-bond acceptors (Lipinski definition) is 3. The summed E-state index contributed by atoms with van der Waals surface area (Å²) in [6, 6.07) is 1.83. The number of thiophene rings is 1. The zero-order chi connectivity index (χ0) is 14.8. The molecule has 1 heterocycles. The van der Waals surface area contributed by atoms with Crippen LogP contribution in [0.1, 0.15) is 54.8 Å². The highest BCUT2D eigenvalue weighted by Gasteiger charge is 2.11. The van der Waals surface area contributed by atoms with Crippen molar-refractivity contribution < 1.29 is 4.79 Å². The second-order valence-corrected chi connectivity index (χ2v) is 5.74. The molecule has 0 bridgehead atoms. The van der Waals surface area contributed by atoms with Crippen molar-refractivity contribution in [2.24, 2.45) is 11.7 Å². The third kappa shape index (κ3) is 5.77. The standard InChI is InChI=1S/C16H24N2OS/c1-3-5-7-13(4-2)11-18-16(19)14-10-15(20-12-14)8-6-9-17/h10,12-13H,3-5,7,9,11,17H2,1-2H3,(H,18,19). The Hall–Kier alpha value is -1.31. The number of hydrogen-bond donors (Lipinski definition) is 2. The van der Waals surface area contributed by atoms with Crippen molar-refractivity contribution in [1.82, 2.24) is 5.32 Å². The van der Waals surface area contributed by atoms with E-state index in [1.165, 1.54) is 30.6 Å². The van der Waals surface area contributed by atoms with E-state index in [0.29, 0.717) is 18.0 Å². The van der Waals surface area contributed by atoms with E-state index < -0.39 is 0 Å². The quantitative estimate of drug-likeness (QED) is 0.759. The minimum Gasteiger partial charge on any atom is -0.352 e.